The van der Waals surface area contributed by atoms with Gasteiger partial charge in [-0.2, -0.15) is 6.61 Å². The summed E-state index contributed by atoms with van der Waals surface area (Å²) in [5.41, 5.74) is 0. The van der Waals surface area contributed by atoms with Crippen molar-refractivity contribution in [3.8, 4) is 69.0 Å². The molecule has 516 valence electrons. The molecule has 27 heteroatoms. The van der Waals surface area contributed by atoms with Crippen LogP contribution in [0, 0.1) is 19.6 Å². The Morgan fingerprint density at radius 3 is 0.945 bits per heavy atom. The van der Waals surface area contributed by atoms with Gasteiger partial charge in [0.2, 0.25) is 12.6 Å². The van der Waals surface area contributed by atoms with E-state index in [1.165, 1.54) is 34.0 Å². The van der Waals surface area contributed by atoms with Gasteiger partial charge in [-0.25, -0.2) is 0 Å². The van der Waals surface area contributed by atoms with Crippen molar-refractivity contribution >= 4 is 68.0 Å². The first-order chi connectivity index (χ1) is 42.0. The third-order valence-electron chi connectivity index (χ3n) is 7.88. The van der Waals surface area contributed by atoms with Crippen LogP contribution in [0.25, 0.3) is 0 Å². The van der Waals surface area contributed by atoms with Crippen LogP contribution < -0.4 is 56.8 Å². The SMILES string of the molecule is CC.CC.CC.CC.CC.CC.CC.CC.CC.CC.CC.CC.OC1CCOc2cscc2O1.OC1COc2cscc2O1.OC1COc2cscc2OC1.[Y].[Y].[Y].[Y].[Y].[Y].c1scc2c1OC[CH-]CO2.c1scc2c1O[CH-]CCO2.c1scc2c1O[CH-]CO2. The monoisotopic (exact) mass is 1850 g/mol. The number of aliphatic hydroxyl groups is 3. The minimum absolute atomic E-state index is 0. The van der Waals surface area contributed by atoms with Crippen molar-refractivity contribution in [2.75, 3.05) is 52.9 Å². The molecule has 12 rings (SSSR count). The Labute approximate surface area is 728 Å². The molecule has 2 unspecified atom stereocenters. The van der Waals surface area contributed by atoms with E-state index in [1.54, 1.807) is 52.6 Å². The molecule has 0 bridgehead atoms. The first-order valence-corrected chi connectivity index (χ1v) is 36.2. The predicted octanol–water partition coefficient (Wildman–Crippen LogP) is 20.7. The normalized spacial score (nSPS) is 13.4. The molecule has 12 heterocycles. The van der Waals surface area contributed by atoms with E-state index in [-0.39, 0.29) is 203 Å². The van der Waals surface area contributed by atoms with Crippen molar-refractivity contribution in [1.29, 1.82) is 0 Å². The van der Waals surface area contributed by atoms with E-state index in [9.17, 15) is 0 Å². The number of hydrogen-bond donors (Lipinski definition) is 3. The summed E-state index contributed by atoms with van der Waals surface area (Å²) in [6.45, 7) is 55.4. The van der Waals surface area contributed by atoms with Crippen LogP contribution in [0.2, 0.25) is 0 Å². The molecule has 0 aromatic carbocycles. The van der Waals surface area contributed by atoms with Gasteiger partial charge >= 0.3 is 0 Å². The van der Waals surface area contributed by atoms with Crippen LogP contribution in [0.3, 0.4) is 0 Å². The average Bonchev–Trinajstić information content (AvgIpc) is 3.32. The first-order valence-electron chi connectivity index (χ1n) is 30.5. The molecule has 3 N–H and O–H groups in total. The summed E-state index contributed by atoms with van der Waals surface area (Å²) >= 11 is 9.32. The van der Waals surface area contributed by atoms with Gasteiger partial charge in [-0.1, -0.05) is 166 Å². The van der Waals surface area contributed by atoms with Gasteiger partial charge in [-0.05, 0) is 19.8 Å². The molecule has 6 radical (unpaired) electrons. The molecular weight excluding hydrogens is 1730 g/mol. The summed E-state index contributed by atoms with van der Waals surface area (Å²) in [4.78, 5) is 0. The molecule has 2 atom stereocenters. The minimum Gasteiger partial charge on any atom is -0.659 e. The molecule has 15 nitrogen and oxygen atoms in total. The Morgan fingerprint density at radius 1 is 0.297 bits per heavy atom. The molecule has 6 aromatic rings. The summed E-state index contributed by atoms with van der Waals surface area (Å²) < 4.78 is 62.6. The van der Waals surface area contributed by atoms with Crippen LogP contribution in [0.5, 0.6) is 69.0 Å². The summed E-state index contributed by atoms with van der Waals surface area (Å²) in [5, 5.41) is 50.0. The van der Waals surface area contributed by atoms with Crippen molar-refractivity contribution in [3.05, 3.63) is 84.2 Å². The van der Waals surface area contributed by atoms with E-state index in [2.05, 4.69) is 0 Å². The van der Waals surface area contributed by atoms with Crippen molar-refractivity contribution < 1.29 is 268 Å². The summed E-state index contributed by atoms with van der Waals surface area (Å²) in [6.07, 6.45) is 1.32. The van der Waals surface area contributed by atoms with Gasteiger partial charge in [-0.3, -0.25) is 6.42 Å². The molecular formula is C64H113O15S6Y6-3. The second kappa shape index (κ2) is 94.4. The van der Waals surface area contributed by atoms with E-state index in [0.717, 1.165) is 70.5 Å². The molecule has 0 amide bonds. The molecule has 0 spiro atoms. The molecule has 91 heavy (non-hydrogen) atoms. The number of thiophene rings is 6. The maximum absolute atomic E-state index is 9.16. The number of fused-ring (bicyclic) bond motifs is 6. The van der Waals surface area contributed by atoms with Gasteiger partial charge in [0.05, 0.1) is 13.2 Å². The van der Waals surface area contributed by atoms with Crippen molar-refractivity contribution in [2.45, 2.75) is 198 Å². The Balaban J connectivity index is -0.0000000762. The van der Waals surface area contributed by atoms with Crippen LogP contribution in [-0.2, 0) is 196 Å². The first kappa shape index (κ1) is 120. The van der Waals surface area contributed by atoms with Crippen molar-refractivity contribution in [2.24, 2.45) is 0 Å². The van der Waals surface area contributed by atoms with Gasteiger partial charge in [0.1, 0.15) is 30.8 Å². The van der Waals surface area contributed by atoms with Crippen LogP contribution in [-0.4, -0.2) is 86.9 Å². The molecule has 6 aliphatic heterocycles. The summed E-state index contributed by atoms with van der Waals surface area (Å²) in [6, 6.07) is 0. The van der Waals surface area contributed by atoms with Crippen LogP contribution in [0.1, 0.15) is 179 Å². The zero-order chi connectivity index (χ0) is 66.1. The standard InChI is InChI=1S/2C7H8O3S.2C7H7O2S.C6H6O3S.C6H5O2S.12C2H6.6Y/c8-5-1-9-6-3-11-4-7(6)10-2-5;8-7-1-2-9-5-3-11-4-6(5)10-7;2*1-2-8-6-4-10-5-7(6)9-3-1;7-6-1-8-4-2-10-3-5(4)9-6;1-2-8-6-4-9-3-5(6)7-1;12*1-2;;;;;;/h3-5,8H,1-2H2;3-4,7-8H,1-2H2;2,4-5H,1,3H2;1,4-5H,2-3H2;2-3,6-7H,1H2;1,3-4H,2H2;12*1-2H3;;;;;;/q;;2*-1;;-1;;;;;;;;;;;;;;;;;;. The van der Waals surface area contributed by atoms with Crippen LogP contribution in [0.4, 0.5) is 0 Å². The number of aliphatic hydroxyl groups excluding tert-OH is 3. The van der Waals surface area contributed by atoms with E-state index in [1.807, 2.05) is 232 Å². The van der Waals surface area contributed by atoms with Gasteiger partial charge < -0.3 is 72.2 Å². The second-order valence-corrected chi connectivity index (χ2v) is 16.9. The maximum Gasteiger partial charge on any atom is 0.232 e. The van der Waals surface area contributed by atoms with E-state index >= 15 is 0 Å². The summed E-state index contributed by atoms with van der Waals surface area (Å²) in [7, 11) is 0. The fourth-order valence-corrected chi connectivity index (χ4v) is 9.07. The van der Waals surface area contributed by atoms with Gasteiger partial charge in [0.15, 0.2) is 64.1 Å². The Kier molecular flexibility index (Phi) is 125. The van der Waals surface area contributed by atoms with Crippen LogP contribution in [0.15, 0.2) is 64.6 Å². The fourth-order valence-electron chi connectivity index (χ4n) is 5.02. The maximum atomic E-state index is 9.16. The van der Waals surface area contributed by atoms with E-state index in [0.29, 0.717) is 57.6 Å². The Morgan fingerprint density at radius 2 is 0.560 bits per heavy atom. The van der Waals surface area contributed by atoms with Crippen molar-refractivity contribution in [1.82, 2.24) is 0 Å². The molecule has 0 saturated heterocycles. The third-order valence-corrected chi connectivity index (χ3v) is 12.1. The predicted molar refractivity (Wildman–Crippen MR) is 369 cm³/mol. The van der Waals surface area contributed by atoms with Crippen LogP contribution >= 0.6 is 68.0 Å². The topological polar surface area (TPSA) is 171 Å². The molecule has 0 aliphatic carbocycles. The smallest absolute Gasteiger partial charge is 0.232 e. The fraction of sp³-hybridized carbons (Fsp3) is 0.578. The van der Waals surface area contributed by atoms with Gasteiger partial charge in [0, 0.05) is 267 Å². The largest absolute Gasteiger partial charge is 0.659 e. The zero-order valence-corrected chi connectivity index (χ0v) is 81.5. The average molecular weight is 1850 g/mol. The second-order valence-electron chi connectivity index (χ2n) is 12.4. The third kappa shape index (κ3) is 57.6. The molecule has 6 aliphatic rings. The van der Waals surface area contributed by atoms with E-state index in [4.69, 9.17) is 72.2 Å². The zero-order valence-electron chi connectivity index (χ0n) is 59.6. The molecule has 0 fully saturated rings. The Hall–Kier alpha value is 2.30. The molecule has 6 aromatic heterocycles. The number of ether oxygens (including phenoxy) is 12. The van der Waals surface area contributed by atoms with Gasteiger partial charge in [0.25, 0.3) is 0 Å². The van der Waals surface area contributed by atoms with Crippen molar-refractivity contribution in [3.63, 3.8) is 0 Å². The number of hydrogen-bond acceptors (Lipinski definition) is 21. The summed E-state index contributed by atoms with van der Waals surface area (Å²) in [5.74, 6) is 9.43. The quantitative estimate of drug-likeness (QED) is 0.123. The number of rotatable bonds is 0. The minimum atomic E-state index is -0.804. The van der Waals surface area contributed by atoms with E-state index < -0.39 is 18.7 Å². The van der Waals surface area contributed by atoms with Gasteiger partial charge in [-0.15, -0.1) is 81.0 Å². The molecule has 0 saturated carbocycles. The Bertz CT molecular complexity index is 2040.